The third-order valence-corrected chi connectivity index (χ3v) is 3.13. The van der Waals surface area contributed by atoms with Crippen molar-refractivity contribution in [2.24, 2.45) is 0 Å². The van der Waals surface area contributed by atoms with Gasteiger partial charge in [0, 0.05) is 13.0 Å². The summed E-state index contributed by atoms with van der Waals surface area (Å²) in [5.74, 6) is -0.189. The first kappa shape index (κ1) is 17.9. The van der Waals surface area contributed by atoms with Gasteiger partial charge < -0.3 is 10.0 Å². The molecule has 0 aliphatic heterocycles. The van der Waals surface area contributed by atoms with Crippen molar-refractivity contribution >= 4 is 18.4 Å². The summed E-state index contributed by atoms with van der Waals surface area (Å²) in [6.07, 6.45) is 1.99. The van der Waals surface area contributed by atoms with Gasteiger partial charge in [-0.1, -0.05) is 37.3 Å². The summed E-state index contributed by atoms with van der Waals surface area (Å²) in [6, 6.07) is 10.5. The molecule has 0 saturated carbocycles. The summed E-state index contributed by atoms with van der Waals surface area (Å²) >= 11 is 0. The minimum Gasteiger partial charge on any atom is -0.481 e. The molecule has 108 valence electrons. The number of hydrogen-bond donors (Lipinski definition) is 1. The van der Waals surface area contributed by atoms with Gasteiger partial charge in [-0.2, -0.15) is 0 Å². The van der Waals surface area contributed by atoms with Gasteiger partial charge in [-0.15, -0.1) is 12.4 Å². The van der Waals surface area contributed by atoms with Crippen LogP contribution in [0.1, 0.15) is 37.7 Å². The number of benzene rings is 1. The maximum absolute atomic E-state index is 10.4. The highest BCUT2D eigenvalue weighted by molar-refractivity contribution is 5.85. The van der Waals surface area contributed by atoms with E-state index in [1.807, 2.05) is 6.07 Å². The second-order valence-corrected chi connectivity index (χ2v) is 4.92. The summed E-state index contributed by atoms with van der Waals surface area (Å²) in [5, 5.41) is 8.56. The highest BCUT2D eigenvalue weighted by Gasteiger charge is 2.08. The molecule has 1 aromatic carbocycles. The number of carboxylic acids is 1. The first-order chi connectivity index (χ1) is 8.59. The van der Waals surface area contributed by atoms with Gasteiger partial charge in [0.25, 0.3) is 0 Å². The molecule has 0 aromatic heterocycles. The number of carboxylic acid groups (broad SMARTS) is 1. The van der Waals surface area contributed by atoms with E-state index in [0.29, 0.717) is 5.92 Å². The molecule has 0 heterocycles. The Morgan fingerprint density at radius 2 is 1.89 bits per heavy atom. The van der Waals surface area contributed by atoms with Gasteiger partial charge in [0.15, 0.2) is 0 Å². The van der Waals surface area contributed by atoms with E-state index < -0.39 is 5.97 Å². The minimum absolute atomic E-state index is 0. The normalized spacial score (nSPS) is 11.9. The maximum Gasteiger partial charge on any atom is 0.303 e. The number of halogens is 1. The van der Waals surface area contributed by atoms with E-state index in [4.69, 9.17) is 5.11 Å². The fraction of sp³-hybridized carbons (Fsp3) is 0.533. The number of rotatable bonds is 8. The standard InChI is InChI=1S/C15H23NO2.ClH/c1-13(14-8-4-3-5-9-14)12-16(2)11-7-6-10-15(17)18;/h3-5,8-9,13H,6-7,10-12H2,1-2H3,(H,17,18);1H. The Bertz CT molecular complexity index is 356. The maximum atomic E-state index is 10.4. The Balaban J connectivity index is 0.00000324. The van der Waals surface area contributed by atoms with Gasteiger partial charge in [0.05, 0.1) is 0 Å². The topological polar surface area (TPSA) is 40.5 Å². The predicted molar refractivity (Wildman–Crippen MR) is 81.1 cm³/mol. The van der Waals surface area contributed by atoms with Crippen LogP contribution >= 0.6 is 12.4 Å². The van der Waals surface area contributed by atoms with Gasteiger partial charge in [-0.3, -0.25) is 4.79 Å². The molecule has 0 amide bonds. The highest BCUT2D eigenvalue weighted by atomic mass is 35.5. The molecular formula is C15H24ClNO2. The van der Waals surface area contributed by atoms with Crippen molar-refractivity contribution in [2.45, 2.75) is 32.1 Å². The molecule has 1 aromatic rings. The third-order valence-electron chi connectivity index (χ3n) is 3.13. The van der Waals surface area contributed by atoms with Gasteiger partial charge in [0.1, 0.15) is 0 Å². The molecule has 0 aliphatic carbocycles. The van der Waals surface area contributed by atoms with Gasteiger partial charge >= 0.3 is 5.97 Å². The van der Waals surface area contributed by atoms with Crippen molar-refractivity contribution in [1.82, 2.24) is 4.90 Å². The van der Waals surface area contributed by atoms with Crippen LogP contribution in [-0.2, 0) is 4.79 Å². The Kier molecular flexibility index (Phi) is 9.27. The summed E-state index contributed by atoms with van der Waals surface area (Å²) < 4.78 is 0. The van der Waals surface area contributed by atoms with Gasteiger partial charge in [0.2, 0.25) is 0 Å². The van der Waals surface area contributed by atoms with Crippen molar-refractivity contribution < 1.29 is 9.90 Å². The van der Waals surface area contributed by atoms with Crippen molar-refractivity contribution in [3.63, 3.8) is 0 Å². The first-order valence-electron chi connectivity index (χ1n) is 6.55. The molecule has 1 unspecified atom stereocenters. The van der Waals surface area contributed by atoms with E-state index in [0.717, 1.165) is 25.9 Å². The van der Waals surface area contributed by atoms with Crippen LogP contribution in [0.3, 0.4) is 0 Å². The lowest BCUT2D eigenvalue weighted by atomic mass is 10.0. The fourth-order valence-electron chi connectivity index (χ4n) is 2.10. The molecule has 0 radical (unpaired) electrons. The zero-order valence-corrected chi connectivity index (χ0v) is 12.5. The molecule has 3 nitrogen and oxygen atoms in total. The largest absolute Gasteiger partial charge is 0.481 e. The van der Waals surface area contributed by atoms with E-state index in [2.05, 4.69) is 43.1 Å². The molecule has 0 spiro atoms. The quantitative estimate of drug-likeness (QED) is 0.744. The fourth-order valence-corrected chi connectivity index (χ4v) is 2.10. The van der Waals surface area contributed by atoms with Crippen molar-refractivity contribution in [2.75, 3.05) is 20.1 Å². The zero-order valence-electron chi connectivity index (χ0n) is 11.7. The smallest absolute Gasteiger partial charge is 0.303 e. The van der Waals surface area contributed by atoms with Crippen LogP contribution in [0.2, 0.25) is 0 Å². The second-order valence-electron chi connectivity index (χ2n) is 4.92. The average Bonchev–Trinajstić information content (AvgIpc) is 2.35. The first-order valence-corrected chi connectivity index (χ1v) is 6.55. The summed E-state index contributed by atoms with van der Waals surface area (Å²) in [4.78, 5) is 12.7. The van der Waals surface area contributed by atoms with Crippen LogP contribution in [0.4, 0.5) is 0 Å². The average molecular weight is 286 g/mol. The minimum atomic E-state index is -0.699. The van der Waals surface area contributed by atoms with E-state index in [9.17, 15) is 4.79 Å². The Morgan fingerprint density at radius 1 is 1.26 bits per heavy atom. The lowest BCUT2D eigenvalue weighted by Gasteiger charge is -2.21. The number of likely N-dealkylation sites (N-methyl/N-ethyl adjacent to an activating group) is 1. The zero-order chi connectivity index (χ0) is 13.4. The van der Waals surface area contributed by atoms with Crippen LogP contribution in [0.5, 0.6) is 0 Å². The molecule has 4 heteroatoms. The molecular weight excluding hydrogens is 262 g/mol. The molecule has 1 rings (SSSR count). The second kappa shape index (κ2) is 9.82. The van der Waals surface area contributed by atoms with Crippen molar-refractivity contribution in [3.05, 3.63) is 35.9 Å². The highest BCUT2D eigenvalue weighted by Crippen LogP contribution is 2.15. The summed E-state index contributed by atoms with van der Waals surface area (Å²) in [7, 11) is 2.10. The van der Waals surface area contributed by atoms with Crippen LogP contribution in [0.25, 0.3) is 0 Å². The van der Waals surface area contributed by atoms with Crippen LogP contribution in [-0.4, -0.2) is 36.1 Å². The molecule has 1 N–H and O–H groups in total. The number of nitrogens with zero attached hydrogens (tertiary/aromatic N) is 1. The molecule has 19 heavy (non-hydrogen) atoms. The summed E-state index contributed by atoms with van der Waals surface area (Å²) in [6.45, 7) is 4.20. The number of carbonyl (C=O) groups is 1. The molecule has 0 aliphatic rings. The van der Waals surface area contributed by atoms with Crippen LogP contribution in [0.15, 0.2) is 30.3 Å². The molecule has 1 atom stereocenters. The van der Waals surface area contributed by atoms with Crippen molar-refractivity contribution in [1.29, 1.82) is 0 Å². The third kappa shape index (κ3) is 7.85. The monoisotopic (exact) mass is 285 g/mol. The van der Waals surface area contributed by atoms with Gasteiger partial charge in [-0.25, -0.2) is 0 Å². The van der Waals surface area contributed by atoms with E-state index in [1.54, 1.807) is 0 Å². The Hall–Kier alpha value is -1.06. The Labute approximate surface area is 122 Å². The molecule has 0 saturated heterocycles. The van der Waals surface area contributed by atoms with Crippen LogP contribution in [0, 0.1) is 0 Å². The Morgan fingerprint density at radius 3 is 2.47 bits per heavy atom. The molecule has 0 fully saturated rings. The lowest BCUT2D eigenvalue weighted by Crippen LogP contribution is -2.24. The number of hydrogen-bond acceptors (Lipinski definition) is 2. The predicted octanol–water partition coefficient (Wildman–Crippen LogP) is 3.40. The summed E-state index contributed by atoms with van der Waals surface area (Å²) in [5.41, 5.74) is 1.36. The lowest BCUT2D eigenvalue weighted by molar-refractivity contribution is -0.137. The van der Waals surface area contributed by atoms with E-state index in [1.165, 1.54) is 5.56 Å². The van der Waals surface area contributed by atoms with E-state index in [-0.39, 0.29) is 18.8 Å². The number of aliphatic carboxylic acids is 1. The van der Waals surface area contributed by atoms with Crippen molar-refractivity contribution in [3.8, 4) is 0 Å². The van der Waals surface area contributed by atoms with Crippen LogP contribution < -0.4 is 0 Å². The van der Waals surface area contributed by atoms with Gasteiger partial charge in [-0.05, 0) is 37.9 Å². The SMILES string of the molecule is CC(CN(C)CCCCC(=O)O)c1ccccc1.Cl. The number of unbranched alkanes of at least 4 members (excludes halogenated alkanes) is 1. The van der Waals surface area contributed by atoms with E-state index >= 15 is 0 Å². The molecule has 0 bridgehead atoms.